The van der Waals surface area contributed by atoms with Crippen molar-refractivity contribution in [1.29, 1.82) is 0 Å². The minimum Gasteiger partial charge on any atom is -0.384 e. The van der Waals surface area contributed by atoms with Gasteiger partial charge in [-0.2, -0.15) is 0 Å². The molecule has 0 radical (unpaired) electrons. The Morgan fingerprint density at radius 3 is 2.65 bits per heavy atom. The SMILES string of the molecule is Cc1sc(=O)n(CC(=O)Nc2ccc(N)nc2)c1C.Cl. The van der Waals surface area contributed by atoms with Crippen LogP contribution in [-0.4, -0.2) is 15.5 Å². The number of nitrogen functional groups attached to an aromatic ring is 1. The van der Waals surface area contributed by atoms with Gasteiger partial charge in [0, 0.05) is 10.6 Å². The maximum atomic E-state index is 11.9. The summed E-state index contributed by atoms with van der Waals surface area (Å²) in [6.45, 7) is 3.68. The van der Waals surface area contributed by atoms with Crippen LogP contribution in [0, 0.1) is 13.8 Å². The first-order valence-electron chi connectivity index (χ1n) is 5.65. The van der Waals surface area contributed by atoms with Crippen LogP contribution in [0.25, 0.3) is 0 Å². The van der Waals surface area contributed by atoms with Crippen molar-refractivity contribution >= 4 is 41.2 Å². The number of carbonyl (C=O) groups is 1. The quantitative estimate of drug-likeness (QED) is 0.899. The number of halogens is 1. The molecule has 0 aromatic carbocycles. The molecule has 6 nitrogen and oxygen atoms in total. The highest BCUT2D eigenvalue weighted by molar-refractivity contribution is 7.09. The van der Waals surface area contributed by atoms with Crippen LogP contribution in [0.3, 0.4) is 0 Å². The summed E-state index contributed by atoms with van der Waals surface area (Å²) in [6, 6.07) is 3.26. The molecular weight excluding hydrogens is 300 g/mol. The lowest BCUT2D eigenvalue weighted by Crippen LogP contribution is -2.25. The van der Waals surface area contributed by atoms with Gasteiger partial charge in [-0.15, -0.1) is 12.4 Å². The average Bonchev–Trinajstić information content (AvgIpc) is 2.59. The normalized spacial score (nSPS) is 9.90. The Bertz CT molecular complexity index is 663. The van der Waals surface area contributed by atoms with Crippen molar-refractivity contribution in [3.8, 4) is 0 Å². The molecule has 2 aromatic rings. The van der Waals surface area contributed by atoms with Crippen molar-refractivity contribution in [2.75, 3.05) is 11.1 Å². The standard InChI is InChI=1S/C12H14N4O2S.ClH/c1-7-8(2)19-12(18)16(7)6-11(17)15-9-3-4-10(13)14-5-9;/h3-5H,6H2,1-2H3,(H2,13,14)(H,15,17);1H. The smallest absolute Gasteiger partial charge is 0.308 e. The first-order chi connectivity index (χ1) is 8.97. The number of thiazole rings is 1. The molecular formula is C12H15ClN4O2S. The number of carbonyl (C=O) groups excluding carboxylic acids is 1. The zero-order valence-electron chi connectivity index (χ0n) is 11.0. The summed E-state index contributed by atoms with van der Waals surface area (Å²) in [6.07, 6.45) is 1.47. The predicted molar refractivity (Wildman–Crippen MR) is 82.6 cm³/mol. The van der Waals surface area contributed by atoms with Gasteiger partial charge in [0.2, 0.25) is 5.91 Å². The Kier molecular flexibility index (Phi) is 5.29. The minimum absolute atomic E-state index is 0. The van der Waals surface area contributed by atoms with Crippen LogP contribution in [0.4, 0.5) is 11.5 Å². The molecule has 0 bridgehead atoms. The van der Waals surface area contributed by atoms with Crippen LogP contribution in [0.1, 0.15) is 10.6 Å². The summed E-state index contributed by atoms with van der Waals surface area (Å²) in [4.78, 5) is 28.2. The molecule has 108 valence electrons. The molecule has 0 aliphatic carbocycles. The number of aromatic nitrogens is 2. The zero-order chi connectivity index (χ0) is 14.0. The Morgan fingerprint density at radius 1 is 1.45 bits per heavy atom. The first-order valence-corrected chi connectivity index (χ1v) is 6.47. The van der Waals surface area contributed by atoms with E-state index in [0.29, 0.717) is 11.5 Å². The van der Waals surface area contributed by atoms with Gasteiger partial charge < -0.3 is 11.1 Å². The maximum Gasteiger partial charge on any atom is 0.308 e. The van der Waals surface area contributed by atoms with E-state index in [1.165, 1.54) is 10.8 Å². The number of hydrogen-bond donors (Lipinski definition) is 2. The Labute approximate surface area is 126 Å². The number of nitrogens with two attached hydrogens (primary N) is 1. The molecule has 8 heteroatoms. The largest absolute Gasteiger partial charge is 0.384 e. The second-order valence-corrected chi connectivity index (χ2v) is 5.28. The van der Waals surface area contributed by atoms with Crippen molar-refractivity contribution in [3.05, 3.63) is 38.6 Å². The van der Waals surface area contributed by atoms with E-state index in [1.807, 2.05) is 13.8 Å². The fraction of sp³-hybridized carbons (Fsp3) is 0.250. The average molecular weight is 315 g/mol. The molecule has 2 rings (SSSR count). The highest BCUT2D eigenvalue weighted by Gasteiger charge is 2.11. The summed E-state index contributed by atoms with van der Waals surface area (Å²) in [5, 5.41) is 2.67. The van der Waals surface area contributed by atoms with E-state index in [-0.39, 0.29) is 29.7 Å². The molecule has 0 saturated carbocycles. The lowest BCUT2D eigenvalue weighted by molar-refractivity contribution is -0.116. The third kappa shape index (κ3) is 3.58. The van der Waals surface area contributed by atoms with E-state index in [4.69, 9.17) is 5.73 Å². The van der Waals surface area contributed by atoms with Gasteiger partial charge in [-0.05, 0) is 26.0 Å². The highest BCUT2D eigenvalue weighted by atomic mass is 35.5. The molecule has 0 aliphatic heterocycles. The van der Waals surface area contributed by atoms with E-state index in [9.17, 15) is 9.59 Å². The van der Waals surface area contributed by atoms with Gasteiger partial charge >= 0.3 is 4.87 Å². The molecule has 0 unspecified atom stereocenters. The summed E-state index contributed by atoms with van der Waals surface area (Å²) in [5.41, 5.74) is 6.83. The molecule has 0 atom stereocenters. The molecule has 0 aliphatic rings. The number of aryl methyl sites for hydroxylation is 1. The number of hydrogen-bond acceptors (Lipinski definition) is 5. The fourth-order valence-corrected chi connectivity index (χ4v) is 2.42. The number of nitrogens with zero attached hydrogens (tertiary/aromatic N) is 2. The molecule has 0 fully saturated rings. The van der Waals surface area contributed by atoms with Gasteiger partial charge in [-0.25, -0.2) is 4.98 Å². The molecule has 0 spiro atoms. The number of pyridine rings is 1. The van der Waals surface area contributed by atoms with Gasteiger partial charge in [0.1, 0.15) is 12.4 Å². The lowest BCUT2D eigenvalue weighted by Gasteiger charge is -2.07. The number of rotatable bonds is 3. The molecule has 2 aromatic heterocycles. The van der Waals surface area contributed by atoms with E-state index in [1.54, 1.807) is 12.1 Å². The summed E-state index contributed by atoms with van der Waals surface area (Å²) in [7, 11) is 0. The van der Waals surface area contributed by atoms with E-state index in [2.05, 4.69) is 10.3 Å². The van der Waals surface area contributed by atoms with E-state index < -0.39 is 0 Å². The van der Waals surface area contributed by atoms with Crippen molar-refractivity contribution < 1.29 is 4.79 Å². The zero-order valence-corrected chi connectivity index (χ0v) is 12.7. The van der Waals surface area contributed by atoms with Crippen molar-refractivity contribution in [3.63, 3.8) is 0 Å². The summed E-state index contributed by atoms with van der Waals surface area (Å²) in [5.74, 6) is 0.119. The Hall–Kier alpha value is -1.86. The lowest BCUT2D eigenvalue weighted by atomic mass is 10.4. The topological polar surface area (TPSA) is 90.0 Å². The molecule has 0 saturated heterocycles. The van der Waals surface area contributed by atoms with Crippen LogP contribution >= 0.6 is 23.7 Å². The molecule has 20 heavy (non-hydrogen) atoms. The molecule has 1 amide bonds. The van der Waals surface area contributed by atoms with E-state index >= 15 is 0 Å². The van der Waals surface area contributed by atoms with Gasteiger partial charge in [0.15, 0.2) is 0 Å². The Morgan fingerprint density at radius 2 is 2.15 bits per heavy atom. The minimum atomic E-state index is -0.269. The summed E-state index contributed by atoms with van der Waals surface area (Å²) >= 11 is 1.14. The predicted octanol–water partition coefficient (Wildman–Crippen LogP) is 1.56. The third-order valence-electron chi connectivity index (χ3n) is 2.75. The summed E-state index contributed by atoms with van der Waals surface area (Å²) < 4.78 is 1.46. The van der Waals surface area contributed by atoms with Crippen molar-refractivity contribution in [1.82, 2.24) is 9.55 Å². The third-order valence-corrected chi connectivity index (χ3v) is 3.74. The van der Waals surface area contributed by atoms with Crippen LogP contribution in [0.15, 0.2) is 23.1 Å². The first kappa shape index (κ1) is 16.2. The second-order valence-electron chi connectivity index (χ2n) is 4.12. The monoisotopic (exact) mass is 314 g/mol. The van der Waals surface area contributed by atoms with Crippen molar-refractivity contribution in [2.45, 2.75) is 20.4 Å². The Balaban J connectivity index is 0.00000200. The number of amides is 1. The molecule has 3 N–H and O–H groups in total. The maximum absolute atomic E-state index is 11.9. The highest BCUT2D eigenvalue weighted by Crippen LogP contribution is 2.10. The van der Waals surface area contributed by atoms with Crippen molar-refractivity contribution in [2.24, 2.45) is 0 Å². The van der Waals surface area contributed by atoms with Gasteiger partial charge in [0.05, 0.1) is 11.9 Å². The van der Waals surface area contributed by atoms with Crippen LogP contribution in [0.2, 0.25) is 0 Å². The van der Waals surface area contributed by atoms with E-state index in [0.717, 1.165) is 21.9 Å². The van der Waals surface area contributed by atoms with Crippen LogP contribution < -0.4 is 15.9 Å². The number of nitrogens with one attached hydrogen (secondary N) is 1. The van der Waals surface area contributed by atoms with Gasteiger partial charge in [0.25, 0.3) is 0 Å². The molecule has 2 heterocycles. The fourth-order valence-electron chi connectivity index (χ4n) is 1.59. The van der Waals surface area contributed by atoms with Crippen LogP contribution in [-0.2, 0) is 11.3 Å². The second kappa shape index (κ2) is 6.53. The number of anilines is 2. The van der Waals surface area contributed by atoms with Gasteiger partial charge in [-0.1, -0.05) is 11.3 Å². The van der Waals surface area contributed by atoms with Crippen LogP contribution in [0.5, 0.6) is 0 Å². The van der Waals surface area contributed by atoms with Gasteiger partial charge in [-0.3, -0.25) is 14.2 Å².